The summed E-state index contributed by atoms with van der Waals surface area (Å²) in [4.78, 5) is 15.3. The molecule has 4 nitrogen and oxygen atoms in total. The summed E-state index contributed by atoms with van der Waals surface area (Å²) in [6, 6.07) is 20.1. The number of fused-ring (bicyclic) bond motifs is 1. The van der Waals surface area contributed by atoms with Crippen molar-refractivity contribution in [3.05, 3.63) is 70.6 Å². The van der Waals surface area contributed by atoms with Crippen molar-refractivity contribution in [2.45, 2.75) is 19.4 Å². The van der Waals surface area contributed by atoms with Gasteiger partial charge in [-0.25, -0.2) is 0 Å². The van der Waals surface area contributed by atoms with Crippen LogP contribution in [-0.4, -0.2) is 37.5 Å². The highest BCUT2D eigenvalue weighted by atomic mass is 32.1. The molecule has 0 aliphatic carbocycles. The first kappa shape index (κ1) is 19.4. The van der Waals surface area contributed by atoms with Crippen LogP contribution in [0.3, 0.4) is 0 Å². The highest BCUT2D eigenvalue weighted by Crippen LogP contribution is 2.23. The molecule has 0 radical (unpaired) electrons. The van der Waals surface area contributed by atoms with Gasteiger partial charge < -0.3 is 16.0 Å². The maximum absolute atomic E-state index is 12.3. The van der Waals surface area contributed by atoms with Gasteiger partial charge in [-0.3, -0.25) is 4.79 Å². The zero-order chi connectivity index (χ0) is 19.1. The van der Waals surface area contributed by atoms with Crippen molar-refractivity contribution >= 4 is 27.3 Å². The third kappa shape index (κ3) is 5.54. The van der Waals surface area contributed by atoms with Crippen molar-refractivity contribution in [1.82, 2.24) is 10.2 Å². The van der Waals surface area contributed by atoms with Gasteiger partial charge in [0.25, 0.3) is 5.91 Å². The number of thiophene rings is 1. The SMILES string of the molecule is CN(CCCc1ccc(CN)cc1)CCNC(=O)c1cc2c#cccc2s1. The summed E-state index contributed by atoms with van der Waals surface area (Å²) in [6.07, 6.45) is 2.14. The van der Waals surface area contributed by atoms with Crippen LogP contribution in [0.25, 0.3) is 10.1 Å². The lowest BCUT2D eigenvalue weighted by atomic mass is 10.1. The van der Waals surface area contributed by atoms with Gasteiger partial charge in [0.15, 0.2) is 0 Å². The highest BCUT2D eigenvalue weighted by Gasteiger charge is 2.09. The molecule has 0 saturated carbocycles. The Morgan fingerprint density at radius 1 is 1.19 bits per heavy atom. The number of likely N-dealkylation sites (N-methyl/N-ethyl adjacent to an activating group) is 1. The van der Waals surface area contributed by atoms with Gasteiger partial charge in [-0.05, 0) is 55.8 Å². The lowest BCUT2D eigenvalue weighted by molar-refractivity contribution is 0.0954. The molecule has 5 heteroatoms. The van der Waals surface area contributed by atoms with E-state index in [4.69, 9.17) is 5.73 Å². The van der Waals surface area contributed by atoms with Crippen molar-refractivity contribution in [2.75, 3.05) is 26.7 Å². The zero-order valence-corrected chi connectivity index (χ0v) is 16.4. The molecule has 3 rings (SSSR count). The lowest BCUT2D eigenvalue weighted by Crippen LogP contribution is -2.33. The Morgan fingerprint density at radius 2 is 1.96 bits per heavy atom. The molecule has 140 valence electrons. The van der Waals surface area contributed by atoms with Crippen molar-refractivity contribution in [3.8, 4) is 0 Å². The van der Waals surface area contributed by atoms with E-state index < -0.39 is 0 Å². The van der Waals surface area contributed by atoms with Gasteiger partial charge >= 0.3 is 0 Å². The normalized spacial score (nSPS) is 10.9. The molecule has 0 spiro atoms. The lowest BCUT2D eigenvalue weighted by Gasteiger charge is -2.16. The molecule has 1 aromatic heterocycles. The summed E-state index contributed by atoms with van der Waals surface area (Å²) < 4.78 is 1.07. The standard InChI is InChI=1S/C22H25N3OS/c1-25(13-4-5-17-8-10-18(16-23)11-9-17)14-12-24-22(26)21-15-19-6-2-3-7-20(19)27-21/h3,7-11,15H,4-5,12-14,16,23H2,1H3,(H,24,26). The Morgan fingerprint density at radius 3 is 2.70 bits per heavy atom. The van der Waals surface area contributed by atoms with E-state index >= 15 is 0 Å². The monoisotopic (exact) mass is 379 g/mol. The molecule has 0 aliphatic rings. The van der Waals surface area contributed by atoms with E-state index in [0.717, 1.165) is 40.9 Å². The Balaban J connectivity index is 1.36. The molecule has 3 N–H and O–H groups in total. The molecule has 3 aromatic rings. The van der Waals surface area contributed by atoms with Crippen LogP contribution in [0.1, 0.15) is 27.2 Å². The number of hydrogen-bond acceptors (Lipinski definition) is 4. The number of hydrogen-bond donors (Lipinski definition) is 2. The average Bonchev–Trinajstić information content (AvgIpc) is 3.13. The quantitative estimate of drug-likeness (QED) is 0.600. The molecule has 0 fully saturated rings. The van der Waals surface area contributed by atoms with E-state index in [9.17, 15) is 4.79 Å². The van der Waals surface area contributed by atoms with Gasteiger partial charge in [0, 0.05) is 29.7 Å². The summed E-state index contributed by atoms with van der Waals surface area (Å²) in [5, 5.41) is 3.95. The van der Waals surface area contributed by atoms with E-state index in [1.54, 1.807) is 0 Å². The summed E-state index contributed by atoms with van der Waals surface area (Å²) in [5.41, 5.74) is 8.13. The number of benzene rings is 1. The predicted octanol–water partition coefficient (Wildman–Crippen LogP) is 3.25. The molecule has 1 heterocycles. The first-order valence-corrected chi connectivity index (χ1v) is 10.0. The molecule has 0 aliphatic heterocycles. The molecule has 0 atom stereocenters. The minimum atomic E-state index is -0.0157. The van der Waals surface area contributed by atoms with E-state index in [1.807, 2.05) is 18.2 Å². The Hall–Kier alpha value is -2.39. The Bertz CT molecular complexity index is 840. The van der Waals surface area contributed by atoms with E-state index in [0.29, 0.717) is 13.1 Å². The highest BCUT2D eigenvalue weighted by molar-refractivity contribution is 7.20. The van der Waals surface area contributed by atoms with Crippen LogP contribution in [-0.2, 0) is 13.0 Å². The van der Waals surface area contributed by atoms with Crippen molar-refractivity contribution in [1.29, 1.82) is 0 Å². The number of rotatable bonds is 9. The van der Waals surface area contributed by atoms with E-state index in [-0.39, 0.29) is 5.91 Å². The number of nitrogens with two attached hydrogens (primary N) is 1. The molecule has 27 heavy (non-hydrogen) atoms. The first-order valence-electron chi connectivity index (χ1n) is 9.22. The predicted molar refractivity (Wildman–Crippen MR) is 112 cm³/mol. The fourth-order valence-electron chi connectivity index (χ4n) is 2.93. The topological polar surface area (TPSA) is 58.4 Å². The Kier molecular flexibility index (Phi) is 6.83. The summed E-state index contributed by atoms with van der Waals surface area (Å²) in [7, 11) is 2.09. The van der Waals surface area contributed by atoms with E-state index in [2.05, 4.69) is 53.7 Å². The molecule has 2 aromatic carbocycles. The summed E-state index contributed by atoms with van der Waals surface area (Å²) in [5.74, 6) is -0.0157. The smallest absolute Gasteiger partial charge is 0.261 e. The number of nitrogens with zero attached hydrogens (tertiary/aromatic N) is 1. The second kappa shape index (κ2) is 9.52. The van der Waals surface area contributed by atoms with Crippen LogP contribution in [0, 0.1) is 12.1 Å². The van der Waals surface area contributed by atoms with Crippen molar-refractivity contribution < 1.29 is 4.79 Å². The molecular formula is C22H25N3OS. The molecule has 0 unspecified atom stereocenters. The van der Waals surface area contributed by atoms with Gasteiger partial charge in [-0.1, -0.05) is 36.4 Å². The van der Waals surface area contributed by atoms with Crippen LogP contribution < -0.4 is 11.1 Å². The maximum atomic E-state index is 12.3. The van der Waals surface area contributed by atoms with Crippen molar-refractivity contribution in [2.24, 2.45) is 5.73 Å². The molecule has 0 bridgehead atoms. The second-order valence-corrected chi connectivity index (χ2v) is 7.76. The van der Waals surface area contributed by atoms with Gasteiger partial charge in [0.2, 0.25) is 0 Å². The number of carbonyl (C=O) groups excluding carboxylic acids is 1. The largest absolute Gasteiger partial charge is 0.350 e. The summed E-state index contributed by atoms with van der Waals surface area (Å²) >= 11 is 1.49. The van der Waals surface area contributed by atoms with Crippen LogP contribution in [0.15, 0.2) is 42.5 Å². The number of aryl methyl sites for hydroxylation is 1. The second-order valence-electron chi connectivity index (χ2n) is 6.67. The molecular weight excluding hydrogens is 354 g/mol. The first-order chi connectivity index (χ1) is 13.2. The van der Waals surface area contributed by atoms with Gasteiger partial charge in [-0.2, -0.15) is 0 Å². The fraction of sp³-hybridized carbons (Fsp3) is 0.318. The minimum absolute atomic E-state index is 0.0157. The van der Waals surface area contributed by atoms with Crippen molar-refractivity contribution in [3.63, 3.8) is 0 Å². The minimum Gasteiger partial charge on any atom is -0.350 e. The number of amides is 1. The van der Waals surface area contributed by atoms with Crippen LogP contribution >= 0.6 is 11.3 Å². The van der Waals surface area contributed by atoms with Crippen LogP contribution in [0.5, 0.6) is 0 Å². The van der Waals surface area contributed by atoms with Gasteiger partial charge in [0.1, 0.15) is 0 Å². The molecule has 1 amide bonds. The number of carbonyl (C=O) groups is 1. The zero-order valence-electron chi connectivity index (χ0n) is 15.6. The fourth-order valence-corrected chi connectivity index (χ4v) is 3.86. The van der Waals surface area contributed by atoms with Gasteiger partial charge in [-0.15, -0.1) is 11.3 Å². The molecule has 0 saturated heterocycles. The Labute approximate surface area is 165 Å². The summed E-state index contributed by atoms with van der Waals surface area (Å²) in [6.45, 7) is 3.07. The number of nitrogens with one attached hydrogen (secondary N) is 1. The maximum Gasteiger partial charge on any atom is 0.261 e. The van der Waals surface area contributed by atoms with E-state index in [1.165, 1.54) is 22.5 Å². The van der Waals surface area contributed by atoms with Gasteiger partial charge in [0.05, 0.1) is 4.88 Å². The van der Waals surface area contributed by atoms with Crippen LogP contribution in [0.4, 0.5) is 0 Å². The third-order valence-corrected chi connectivity index (χ3v) is 5.65. The third-order valence-electron chi connectivity index (χ3n) is 4.55. The van der Waals surface area contributed by atoms with Crippen LogP contribution in [0.2, 0.25) is 0 Å². The average molecular weight is 380 g/mol.